The van der Waals surface area contributed by atoms with Crippen LogP contribution < -0.4 is 0 Å². The summed E-state index contributed by atoms with van der Waals surface area (Å²) in [6.45, 7) is 0. The highest BCUT2D eigenvalue weighted by Crippen LogP contribution is 2.40. The molecule has 9 rings (SSSR count). The molecule has 0 aliphatic heterocycles. The molecule has 0 saturated carbocycles. The van der Waals surface area contributed by atoms with E-state index in [1.165, 1.54) is 38.4 Å². The van der Waals surface area contributed by atoms with Gasteiger partial charge in [0, 0.05) is 34.3 Å². The Morgan fingerprint density at radius 3 is 1.98 bits per heavy atom. The lowest BCUT2D eigenvalue weighted by molar-refractivity contribution is 0.988. The smallest absolute Gasteiger partial charge is 0.0900 e. The van der Waals surface area contributed by atoms with Crippen molar-refractivity contribution >= 4 is 38.7 Å². The molecule has 0 bridgehead atoms. The second-order valence-electron chi connectivity index (χ2n) is 11.8. The van der Waals surface area contributed by atoms with Crippen LogP contribution in [0.1, 0.15) is 17.5 Å². The molecule has 0 N–H and O–H groups in total. The SMILES string of the molecule is C1=Cc2c(ccc3c(-c4ccc5ccccc5c4)c4ccc(-c5cc(-c6ccccn6)nc(-c6ccccn6)c5)cc4nc23)CC1. The molecular formula is C42H28N4. The predicted octanol–water partition coefficient (Wildman–Crippen LogP) is 10.4. The number of aromatic nitrogens is 4. The molecule has 4 heterocycles. The third-order valence-electron chi connectivity index (χ3n) is 8.99. The molecule has 0 amide bonds. The van der Waals surface area contributed by atoms with E-state index in [1.807, 2.05) is 36.4 Å². The monoisotopic (exact) mass is 588 g/mol. The van der Waals surface area contributed by atoms with Gasteiger partial charge in [0.05, 0.1) is 33.8 Å². The van der Waals surface area contributed by atoms with E-state index in [4.69, 9.17) is 9.97 Å². The molecule has 1 aliphatic rings. The molecule has 4 aromatic heterocycles. The van der Waals surface area contributed by atoms with E-state index < -0.39 is 0 Å². The molecule has 0 radical (unpaired) electrons. The van der Waals surface area contributed by atoms with Crippen LogP contribution >= 0.6 is 0 Å². The molecule has 0 atom stereocenters. The first-order valence-electron chi connectivity index (χ1n) is 15.7. The number of allylic oxidation sites excluding steroid dienone is 1. The predicted molar refractivity (Wildman–Crippen MR) is 189 cm³/mol. The number of nitrogens with zero attached hydrogens (tertiary/aromatic N) is 4. The average molecular weight is 589 g/mol. The van der Waals surface area contributed by atoms with Crippen LogP contribution in [0.5, 0.6) is 0 Å². The van der Waals surface area contributed by atoms with Crippen molar-refractivity contribution in [3.05, 3.63) is 151 Å². The van der Waals surface area contributed by atoms with E-state index in [2.05, 4.69) is 107 Å². The highest BCUT2D eigenvalue weighted by atomic mass is 14.8. The van der Waals surface area contributed by atoms with Gasteiger partial charge < -0.3 is 0 Å². The van der Waals surface area contributed by atoms with E-state index >= 15 is 0 Å². The first kappa shape index (κ1) is 26.4. The molecule has 0 fully saturated rings. The molecule has 4 heteroatoms. The number of hydrogen-bond acceptors (Lipinski definition) is 4. The maximum atomic E-state index is 5.40. The second-order valence-corrected chi connectivity index (χ2v) is 11.8. The van der Waals surface area contributed by atoms with Crippen LogP contribution in [0.3, 0.4) is 0 Å². The van der Waals surface area contributed by atoms with Crippen LogP contribution in [0.25, 0.3) is 83.7 Å². The van der Waals surface area contributed by atoms with Gasteiger partial charge in [0.15, 0.2) is 0 Å². The van der Waals surface area contributed by atoms with Gasteiger partial charge in [0.1, 0.15) is 0 Å². The first-order chi connectivity index (χ1) is 22.8. The molecule has 4 nitrogen and oxygen atoms in total. The second kappa shape index (κ2) is 10.9. The fourth-order valence-corrected chi connectivity index (χ4v) is 6.74. The number of benzene rings is 4. The summed E-state index contributed by atoms with van der Waals surface area (Å²) < 4.78 is 0. The maximum Gasteiger partial charge on any atom is 0.0900 e. The Hall–Kier alpha value is -6.00. The van der Waals surface area contributed by atoms with E-state index in [0.29, 0.717) is 0 Å². The lowest BCUT2D eigenvalue weighted by Crippen LogP contribution is -1.99. The zero-order valence-electron chi connectivity index (χ0n) is 25.1. The molecule has 0 saturated heterocycles. The molecule has 0 spiro atoms. The summed E-state index contributed by atoms with van der Waals surface area (Å²) in [5.41, 5.74) is 12.4. The van der Waals surface area contributed by atoms with Gasteiger partial charge in [0.25, 0.3) is 0 Å². The summed E-state index contributed by atoms with van der Waals surface area (Å²) in [5, 5.41) is 4.78. The van der Waals surface area contributed by atoms with Crippen molar-refractivity contribution in [3.63, 3.8) is 0 Å². The van der Waals surface area contributed by atoms with Gasteiger partial charge in [0.2, 0.25) is 0 Å². The van der Waals surface area contributed by atoms with Gasteiger partial charge in [-0.3, -0.25) is 9.97 Å². The standard InChI is InChI=1S/C42H28N4/c1-2-11-29-23-31(16-15-27(29)9-1)41-34-19-18-30(24-38(34)46-42-33-12-4-3-10-28(33)17-20-35(41)42)32-25-39(36-13-5-7-21-43-36)45-40(26-32)37-14-6-8-22-44-37/h1-2,4-9,11-26H,3,10H2. The van der Waals surface area contributed by atoms with Crippen molar-refractivity contribution in [2.75, 3.05) is 0 Å². The third-order valence-corrected chi connectivity index (χ3v) is 8.99. The van der Waals surface area contributed by atoms with Crippen LogP contribution in [0.2, 0.25) is 0 Å². The maximum absolute atomic E-state index is 5.40. The molecule has 4 aromatic carbocycles. The summed E-state index contributed by atoms with van der Waals surface area (Å²) in [5.74, 6) is 0. The number of aryl methyl sites for hydroxylation is 1. The topological polar surface area (TPSA) is 51.6 Å². The minimum atomic E-state index is 0.807. The summed E-state index contributed by atoms with van der Waals surface area (Å²) >= 11 is 0. The summed E-state index contributed by atoms with van der Waals surface area (Å²) in [7, 11) is 0. The van der Waals surface area contributed by atoms with Gasteiger partial charge in [-0.2, -0.15) is 0 Å². The van der Waals surface area contributed by atoms with Crippen molar-refractivity contribution in [1.82, 2.24) is 19.9 Å². The zero-order valence-corrected chi connectivity index (χ0v) is 25.1. The van der Waals surface area contributed by atoms with Crippen LogP contribution in [0.4, 0.5) is 0 Å². The zero-order chi connectivity index (χ0) is 30.5. The third kappa shape index (κ3) is 4.54. The molecule has 1 aliphatic carbocycles. The fourth-order valence-electron chi connectivity index (χ4n) is 6.74. The summed E-state index contributed by atoms with van der Waals surface area (Å²) in [6, 6.07) is 42.6. The Morgan fingerprint density at radius 2 is 1.22 bits per heavy atom. The van der Waals surface area contributed by atoms with Gasteiger partial charge in [-0.25, -0.2) is 9.97 Å². The summed E-state index contributed by atoms with van der Waals surface area (Å²) in [6.07, 6.45) is 10.2. The molecule has 0 unspecified atom stereocenters. The van der Waals surface area contributed by atoms with E-state index in [0.717, 1.165) is 63.2 Å². The van der Waals surface area contributed by atoms with Gasteiger partial charge in [-0.15, -0.1) is 0 Å². The van der Waals surface area contributed by atoms with Crippen LogP contribution in [0, 0.1) is 0 Å². The fraction of sp³-hybridized carbons (Fsp3) is 0.0476. The highest BCUT2D eigenvalue weighted by molar-refractivity contribution is 6.13. The van der Waals surface area contributed by atoms with Crippen LogP contribution in [-0.2, 0) is 6.42 Å². The van der Waals surface area contributed by atoms with Crippen molar-refractivity contribution in [2.45, 2.75) is 12.8 Å². The summed E-state index contributed by atoms with van der Waals surface area (Å²) in [4.78, 5) is 19.6. The van der Waals surface area contributed by atoms with Crippen molar-refractivity contribution in [2.24, 2.45) is 0 Å². The minimum absolute atomic E-state index is 0.807. The van der Waals surface area contributed by atoms with E-state index in [1.54, 1.807) is 12.4 Å². The lowest BCUT2D eigenvalue weighted by atomic mass is 9.89. The Morgan fingerprint density at radius 1 is 0.500 bits per heavy atom. The van der Waals surface area contributed by atoms with E-state index in [9.17, 15) is 0 Å². The number of rotatable bonds is 4. The Labute approximate surface area is 266 Å². The first-order valence-corrected chi connectivity index (χ1v) is 15.7. The molecular weight excluding hydrogens is 560 g/mol. The Kier molecular flexibility index (Phi) is 6.24. The van der Waals surface area contributed by atoms with Crippen molar-refractivity contribution in [3.8, 4) is 45.0 Å². The lowest BCUT2D eigenvalue weighted by Gasteiger charge is -2.18. The molecule has 216 valence electrons. The van der Waals surface area contributed by atoms with Crippen molar-refractivity contribution < 1.29 is 0 Å². The number of hydrogen-bond donors (Lipinski definition) is 0. The minimum Gasteiger partial charge on any atom is -0.255 e. The van der Waals surface area contributed by atoms with Gasteiger partial charge in [-0.1, -0.05) is 84.9 Å². The normalized spacial score (nSPS) is 12.5. The highest BCUT2D eigenvalue weighted by Gasteiger charge is 2.18. The van der Waals surface area contributed by atoms with Crippen LogP contribution in [-0.4, -0.2) is 19.9 Å². The Bertz CT molecular complexity index is 2410. The number of pyridine rings is 4. The number of fused-ring (bicyclic) bond motifs is 5. The molecule has 8 aromatic rings. The molecule has 46 heavy (non-hydrogen) atoms. The Balaban J connectivity index is 1.30. The van der Waals surface area contributed by atoms with Gasteiger partial charge >= 0.3 is 0 Å². The van der Waals surface area contributed by atoms with E-state index in [-0.39, 0.29) is 0 Å². The largest absolute Gasteiger partial charge is 0.255 e. The van der Waals surface area contributed by atoms with Crippen LogP contribution in [0.15, 0.2) is 140 Å². The van der Waals surface area contributed by atoms with Gasteiger partial charge in [-0.05, 0) is 94.4 Å². The quantitative estimate of drug-likeness (QED) is 0.192. The average Bonchev–Trinajstić information content (AvgIpc) is 3.14. The van der Waals surface area contributed by atoms with Crippen molar-refractivity contribution in [1.29, 1.82) is 0 Å².